The molecule has 13 heavy (non-hydrogen) atoms. The van der Waals surface area contributed by atoms with Gasteiger partial charge in [0, 0.05) is 32.9 Å². The van der Waals surface area contributed by atoms with Crippen molar-refractivity contribution in [2.45, 2.75) is 23.5 Å². The van der Waals surface area contributed by atoms with Crippen LogP contribution in [0.15, 0.2) is 27.8 Å². The van der Waals surface area contributed by atoms with E-state index in [2.05, 4.69) is 27.8 Å². The molecule has 4 heteroatoms. The molecule has 1 atom stereocenters. The van der Waals surface area contributed by atoms with Gasteiger partial charge in [0.15, 0.2) is 0 Å². The second-order valence-electron chi connectivity index (χ2n) is 2.71. The first-order valence-electron chi connectivity index (χ1n) is 4.06. The first-order valence-corrected chi connectivity index (χ1v) is 6.27. The van der Waals surface area contributed by atoms with Gasteiger partial charge in [0.25, 0.3) is 0 Å². The second-order valence-corrected chi connectivity index (χ2v) is 5.42. The third-order valence-corrected chi connectivity index (χ3v) is 3.94. The summed E-state index contributed by atoms with van der Waals surface area (Å²) in [6.45, 7) is 2.18. The molecule has 1 rings (SSSR count). The minimum atomic E-state index is 0.552. The highest BCUT2D eigenvalue weighted by molar-refractivity contribution is 9.10. The quantitative estimate of drug-likeness (QED) is 0.612. The van der Waals surface area contributed by atoms with E-state index in [4.69, 9.17) is 11.6 Å². The van der Waals surface area contributed by atoms with Gasteiger partial charge in [0.1, 0.15) is 0 Å². The number of alkyl halides is 1. The molecule has 0 aromatic carbocycles. The summed E-state index contributed by atoms with van der Waals surface area (Å²) in [5.74, 6) is 0.719. The molecule has 0 bridgehead atoms. The lowest BCUT2D eigenvalue weighted by molar-refractivity contribution is 0.911. The molecule has 0 N–H and O–H groups in total. The van der Waals surface area contributed by atoms with Gasteiger partial charge in [-0.25, -0.2) is 0 Å². The fraction of sp³-hybridized carbons (Fsp3) is 0.444. The summed E-state index contributed by atoms with van der Waals surface area (Å²) in [5, 5.41) is 0.552. The molecule has 1 heterocycles. The Kier molecular flexibility index (Phi) is 5.14. The van der Waals surface area contributed by atoms with E-state index in [1.165, 1.54) is 4.90 Å². The maximum atomic E-state index is 5.67. The molecule has 0 spiro atoms. The fourth-order valence-corrected chi connectivity index (χ4v) is 2.85. The monoisotopic (exact) mass is 279 g/mol. The van der Waals surface area contributed by atoms with Crippen LogP contribution in [0.4, 0.5) is 0 Å². The molecule has 0 radical (unpaired) electrons. The van der Waals surface area contributed by atoms with E-state index in [9.17, 15) is 0 Å². The standard InChI is InChI=1S/C9H11BrClNS/c1-7(2-4-11)13-9-3-5-12-6-8(9)10/h3,5-7H,2,4H2,1H3. The molecule has 0 aliphatic carbocycles. The Morgan fingerprint density at radius 1 is 1.69 bits per heavy atom. The summed E-state index contributed by atoms with van der Waals surface area (Å²) < 4.78 is 1.06. The number of hydrogen-bond donors (Lipinski definition) is 0. The summed E-state index contributed by atoms with van der Waals surface area (Å²) in [4.78, 5) is 5.24. The lowest BCUT2D eigenvalue weighted by Gasteiger charge is -2.09. The molecule has 0 amide bonds. The Morgan fingerprint density at radius 2 is 2.46 bits per heavy atom. The third-order valence-electron chi connectivity index (χ3n) is 1.58. The summed E-state index contributed by atoms with van der Waals surface area (Å²) >= 11 is 10.9. The predicted molar refractivity (Wildman–Crippen MR) is 62.6 cm³/mol. The van der Waals surface area contributed by atoms with Crippen molar-refractivity contribution in [3.8, 4) is 0 Å². The minimum absolute atomic E-state index is 0.552. The maximum Gasteiger partial charge on any atom is 0.0494 e. The largest absolute Gasteiger partial charge is 0.263 e. The summed E-state index contributed by atoms with van der Waals surface area (Å²) in [7, 11) is 0. The first kappa shape index (κ1) is 11.3. The molecule has 0 aliphatic rings. The molecule has 0 fully saturated rings. The highest BCUT2D eigenvalue weighted by atomic mass is 79.9. The van der Waals surface area contributed by atoms with Crippen LogP contribution in [-0.4, -0.2) is 16.1 Å². The van der Waals surface area contributed by atoms with Crippen LogP contribution in [0.5, 0.6) is 0 Å². The Bertz CT molecular complexity index is 270. The Balaban J connectivity index is 2.58. The van der Waals surface area contributed by atoms with Crippen molar-refractivity contribution in [1.82, 2.24) is 4.98 Å². The third kappa shape index (κ3) is 3.88. The van der Waals surface area contributed by atoms with Crippen LogP contribution >= 0.6 is 39.3 Å². The molecule has 1 aromatic rings. The van der Waals surface area contributed by atoms with Gasteiger partial charge < -0.3 is 0 Å². The van der Waals surface area contributed by atoms with Crippen LogP contribution in [0.3, 0.4) is 0 Å². The normalized spacial score (nSPS) is 12.8. The molecule has 1 unspecified atom stereocenters. The van der Waals surface area contributed by atoms with Crippen LogP contribution in [0.1, 0.15) is 13.3 Å². The number of rotatable bonds is 4. The number of halogens is 2. The van der Waals surface area contributed by atoms with Gasteiger partial charge in [0.05, 0.1) is 0 Å². The highest BCUT2D eigenvalue weighted by Crippen LogP contribution is 2.30. The Morgan fingerprint density at radius 3 is 3.08 bits per heavy atom. The first-order chi connectivity index (χ1) is 6.24. The Hall–Kier alpha value is 0.270. The molecule has 1 nitrogen and oxygen atoms in total. The van der Waals surface area contributed by atoms with Crippen molar-refractivity contribution in [2.24, 2.45) is 0 Å². The van der Waals surface area contributed by atoms with E-state index in [1.807, 2.05) is 24.0 Å². The zero-order valence-electron chi connectivity index (χ0n) is 7.34. The number of nitrogens with zero attached hydrogens (tertiary/aromatic N) is 1. The molecule has 72 valence electrons. The van der Waals surface area contributed by atoms with Crippen LogP contribution in [0.2, 0.25) is 0 Å². The van der Waals surface area contributed by atoms with E-state index < -0.39 is 0 Å². The number of pyridine rings is 1. The van der Waals surface area contributed by atoms with Crippen molar-refractivity contribution in [3.63, 3.8) is 0 Å². The van der Waals surface area contributed by atoms with Crippen LogP contribution in [-0.2, 0) is 0 Å². The average Bonchev–Trinajstić information content (AvgIpc) is 2.09. The smallest absolute Gasteiger partial charge is 0.0494 e. The molecule has 0 saturated heterocycles. The summed E-state index contributed by atoms with van der Waals surface area (Å²) in [6.07, 6.45) is 4.65. The highest BCUT2D eigenvalue weighted by Gasteiger charge is 2.06. The van der Waals surface area contributed by atoms with Crippen molar-refractivity contribution in [2.75, 3.05) is 5.88 Å². The van der Waals surface area contributed by atoms with E-state index in [1.54, 1.807) is 6.20 Å². The van der Waals surface area contributed by atoms with Gasteiger partial charge >= 0.3 is 0 Å². The van der Waals surface area contributed by atoms with E-state index >= 15 is 0 Å². The SMILES string of the molecule is CC(CCCl)Sc1ccncc1Br. The van der Waals surface area contributed by atoms with E-state index in [0.717, 1.165) is 16.8 Å². The zero-order valence-corrected chi connectivity index (χ0v) is 10.5. The number of aromatic nitrogens is 1. The van der Waals surface area contributed by atoms with E-state index in [0.29, 0.717) is 5.25 Å². The zero-order chi connectivity index (χ0) is 9.68. The molecule has 1 aromatic heterocycles. The van der Waals surface area contributed by atoms with Gasteiger partial charge in [-0.2, -0.15) is 0 Å². The Labute approximate surface area is 96.4 Å². The minimum Gasteiger partial charge on any atom is -0.263 e. The maximum absolute atomic E-state index is 5.67. The predicted octanol–water partition coefficient (Wildman–Crippen LogP) is 3.95. The summed E-state index contributed by atoms with van der Waals surface area (Å²) in [6, 6.07) is 2.01. The van der Waals surface area contributed by atoms with Crippen molar-refractivity contribution < 1.29 is 0 Å². The van der Waals surface area contributed by atoms with Crippen LogP contribution < -0.4 is 0 Å². The fourth-order valence-electron chi connectivity index (χ4n) is 0.887. The van der Waals surface area contributed by atoms with Crippen LogP contribution in [0, 0.1) is 0 Å². The lowest BCUT2D eigenvalue weighted by Crippen LogP contribution is -1.96. The van der Waals surface area contributed by atoms with Crippen molar-refractivity contribution in [3.05, 3.63) is 22.9 Å². The van der Waals surface area contributed by atoms with Crippen molar-refractivity contribution >= 4 is 39.3 Å². The van der Waals surface area contributed by atoms with Gasteiger partial charge in [-0.3, -0.25) is 4.98 Å². The van der Waals surface area contributed by atoms with Gasteiger partial charge in [0.2, 0.25) is 0 Å². The molecule has 0 aliphatic heterocycles. The molecule has 0 saturated carbocycles. The number of thioether (sulfide) groups is 1. The topological polar surface area (TPSA) is 12.9 Å². The second kappa shape index (κ2) is 5.89. The van der Waals surface area contributed by atoms with Gasteiger partial charge in [-0.05, 0) is 28.4 Å². The average molecular weight is 281 g/mol. The lowest BCUT2D eigenvalue weighted by atomic mass is 10.4. The van der Waals surface area contributed by atoms with E-state index in [-0.39, 0.29) is 0 Å². The molecular formula is C9H11BrClNS. The number of hydrogen-bond acceptors (Lipinski definition) is 2. The summed E-state index contributed by atoms with van der Waals surface area (Å²) in [5.41, 5.74) is 0. The van der Waals surface area contributed by atoms with Crippen LogP contribution in [0.25, 0.3) is 0 Å². The van der Waals surface area contributed by atoms with Crippen molar-refractivity contribution in [1.29, 1.82) is 0 Å². The van der Waals surface area contributed by atoms with Gasteiger partial charge in [-0.1, -0.05) is 6.92 Å². The van der Waals surface area contributed by atoms with Gasteiger partial charge in [-0.15, -0.1) is 23.4 Å². The molecular weight excluding hydrogens is 270 g/mol.